The molecule has 0 saturated carbocycles. The van der Waals surface area contributed by atoms with Crippen molar-refractivity contribution in [2.75, 3.05) is 0 Å². The van der Waals surface area contributed by atoms with Crippen molar-refractivity contribution in [1.82, 2.24) is 39.9 Å². The maximum Gasteiger partial charge on any atom is 2.00 e. The summed E-state index contributed by atoms with van der Waals surface area (Å²) in [6, 6.07) is 12.5. The molecule has 8 bridgehead atoms. The van der Waals surface area contributed by atoms with Gasteiger partial charge in [-0.3, -0.25) is 40.5 Å². The van der Waals surface area contributed by atoms with Gasteiger partial charge in [-0.25, -0.2) is 9.97 Å². The Balaban J connectivity index is 0.00000642. The first kappa shape index (κ1) is 47.9. The molecule has 0 radical (unpaired) electrons. The quantitative estimate of drug-likeness (QED) is 0.0900. The summed E-state index contributed by atoms with van der Waals surface area (Å²) in [6.45, 7) is 22.5. The van der Waals surface area contributed by atoms with E-state index in [0.717, 1.165) is 0 Å². The van der Waals surface area contributed by atoms with Gasteiger partial charge in [0.25, 0.3) is 22.7 Å². The molecule has 4 aromatic carbocycles. The Labute approximate surface area is 405 Å². The van der Waals surface area contributed by atoms with Gasteiger partial charge in [0.15, 0.2) is 0 Å². The van der Waals surface area contributed by atoms with Crippen LogP contribution in [0.1, 0.15) is 105 Å². The molecular weight excluding hydrogens is 938 g/mol. The third-order valence-electron chi connectivity index (χ3n) is 12.3. The fourth-order valence-electron chi connectivity index (χ4n) is 8.39. The first-order valence-electron chi connectivity index (χ1n) is 21.6. The van der Waals surface area contributed by atoms with Crippen molar-refractivity contribution in [2.24, 2.45) is 0 Å². The van der Waals surface area contributed by atoms with Crippen LogP contribution < -0.4 is 9.97 Å². The van der Waals surface area contributed by atoms with E-state index >= 15 is 0 Å². The van der Waals surface area contributed by atoms with Gasteiger partial charge in [0.05, 0.1) is 64.9 Å². The molecule has 21 heteroatoms. The maximum absolute atomic E-state index is 13.1. The Bertz CT molecular complexity index is 3410. The summed E-state index contributed by atoms with van der Waals surface area (Å²) >= 11 is 0. The predicted octanol–water partition coefficient (Wildman–Crippen LogP) is 10.9. The molecule has 0 saturated heterocycles. The van der Waals surface area contributed by atoms with Crippen LogP contribution in [0.4, 0.5) is 22.7 Å². The van der Waals surface area contributed by atoms with Crippen molar-refractivity contribution in [2.45, 2.75) is 105 Å². The van der Waals surface area contributed by atoms with Gasteiger partial charge in [-0.1, -0.05) is 83.1 Å². The molecule has 5 heterocycles. The smallest absolute Gasteiger partial charge is 0.357 e. The van der Waals surface area contributed by atoms with Gasteiger partial charge < -0.3 is 29.9 Å². The number of nitro benzene ring substituents is 4. The molecule has 2 aliphatic rings. The first-order chi connectivity index (χ1) is 31.5. The second-order valence-electron chi connectivity index (χ2n) is 21.2. The van der Waals surface area contributed by atoms with Crippen molar-refractivity contribution in [3.8, 4) is 45.6 Å². The minimum atomic E-state index is -0.630. The van der Waals surface area contributed by atoms with Crippen molar-refractivity contribution >= 4 is 66.9 Å². The minimum Gasteiger partial charge on any atom is -0.357 e. The number of hydrogen-bond donors (Lipinski definition) is 0. The van der Waals surface area contributed by atoms with Crippen LogP contribution in [0.3, 0.4) is 0 Å². The molecule has 20 nitrogen and oxygen atoms in total. The van der Waals surface area contributed by atoms with Crippen LogP contribution in [-0.4, -0.2) is 49.6 Å². The maximum atomic E-state index is 13.1. The van der Waals surface area contributed by atoms with Crippen LogP contribution in [-0.2, 0) is 41.1 Å². The van der Waals surface area contributed by atoms with E-state index in [4.69, 9.17) is 39.9 Å². The summed E-state index contributed by atoms with van der Waals surface area (Å²) in [7, 11) is 0. The van der Waals surface area contributed by atoms with Crippen molar-refractivity contribution in [3.63, 3.8) is 0 Å². The number of nitro groups is 4. The van der Waals surface area contributed by atoms with E-state index in [1.165, 1.54) is 24.3 Å². The van der Waals surface area contributed by atoms with Crippen LogP contribution in [0.15, 0.2) is 48.5 Å². The summed E-state index contributed by atoms with van der Waals surface area (Å²) in [6.07, 6.45) is 0. The van der Waals surface area contributed by atoms with Crippen LogP contribution in [0.2, 0.25) is 0 Å². The van der Waals surface area contributed by atoms with Gasteiger partial charge in [0, 0.05) is 68.8 Å². The summed E-state index contributed by atoms with van der Waals surface area (Å²) in [5.41, 5.74) is -2.29. The second-order valence-corrected chi connectivity index (χ2v) is 21.2. The van der Waals surface area contributed by atoms with Crippen molar-refractivity contribution < 1.29 is 39.2 Å². The van der Waals surface area contributed by atoms with Crippen LogP contribution in [0.5, 0.6) is 0 Å². The molecule has 2 aliphatic heterocycles. The van der Waals surface area contributed by atoms with Gasteiger partial charge in [-0.05, 0) is 68.2 Å². The number of nitrogens with zero attached hydrogens (tertiary/aromatic N) is 12. The Kier molecular flexibility index (Phi) is 11.0. The second kappa shape index (κ2) is 15.8. The topological polar surface area (TPSA) is 278 Å². The monoisotopic (exact) mass is 980 g/mol. The van der Waals surface area contributed by atoms with E-state index in [-0.39, 0.29) is 132 Å². The molecule has 0 unspecified atom stereocenters. The molecule has 346 valence electrons. The fourth-order valence-corrected chi connectivity index (χ4v) is 8.39. The Hall–Kier alpha value is -7.54. The van der Waals surface area contributed by atoms with Gasteiger partial charge in [-0.2, -0.15) is 0 Å². The van der Waals surface area contributed by atoms with Gasteiger partial charge >= 0.3 is 19.5 Å². The Morgan fingerprint density at radius 1 is 0.377 bits per heavy atom. The van der Waals surface area contributed by atoms with Gasteiger partial charge in [-0.15, -0.1) is 0 Å². The molecule has 3 aromatic heterocycles. The molecule has 0 amide bonds. The fraction of sp³-hybridized carbons (Fsp3) is 0.333. The number of non-ortho nitro benzene ring substituents is 2. The molecule has 0 spiro atoms. The molecule has 69 heavy (non-hydrogen) atoms. The predicted molar refractivity (Wildman–Crippen MR) is 255 cm³/mol. The van der Waals surface area contributed by atoms with Crippen LogP contribution >= 0.6 is 0 Å². The zero-order chi connectivity index (χ0) is 49.5. The van der Waals surface area contributed by atoms with Crippen LogP contribution in [0.25, 0.3) is 89.7 Å². The Morgan fingerprint density at radius 3 is 0.942 bits per heavy atom. The molecule has 0 aliphatic carbocycles. The first-order valence-corrected chi connectivity index (χ1v) is 21.6. The zero-order valence-corrected chi connectivity index (χ0v) is 42.9. The summed E-state index contributed by atoms with van der Waals surface area (Å²) in [5, 5.41) is 52.5. The normalized spacial score (nSPS) is 12.7. The van der Waals surface area contributed by atoms with E-state index < -0.39 is 41.4 Å². The SMILES string of the molecule is CC(C)(C)c1cc2c(c([N+](=O)[O-])c1)-c1nc-2nc2[n-]c(nc3nc(nc4[n-]c(n1)c1c([N+](=O)[O-])cc(C(C)(C)C)cc41)-c1cc(C(C)(C)C)cc([N+](=O)[O-])c1-3)c1c([N+](=O)[O-])cc(C(C)(C)C)cc21.[Zn+2]. The number of fused-ring (bicyclic) bond motifs is 20. The average Bonchev–Trinajstić information content (AvgIpc) is 3.96. The zero-order valence-electron chi connectivity index (χ0n) is 40.0. The van der Waals surface area contributed by atoms with Gasteiger partial charge in [0.2, 0.25) is 0 Å². The van der Waals surface area contributed by atoms with E-state index in [1.54, 1.807) is 24.3 Å². The third-order valence-corrected chi connectivity index (χ3v) is 12.3. The van der Waals surface area contributed by atoms with E-state index in [9.17, 15) is 40.5 Å². The number of aromatic nitrogens is 8. The van der Waals surface area contributed by atoms with E-state index in [1.807, 2.05) is 83.1 Å². The number of rotatable bonds is 4. The third kappa shape index (κ3) is 8.03. The van der Waals surface area contributed by atoms with Crippen molar-refractivity contribution in [1.29, 1.82) is 0 Å². The molecule has 0 atom stereocenters. The summed E-state index contributed by atoms with van der Waals surface area (Å²) < 4.78 is 0. The average molecular weight is 982 g/mol. The Morgan fingerprint density at radius 2 is 0.652 bits per heavy atom. The van der Waals surface area contributed by atoms with Gasteiger partial charge in [0.1, 0.15) is 0 Å². The summed E-state index contributed by atoms with van der Waals surface area (Å²) in [4.78, 5) is 88.5. The standard InChI is InChI=1S/C48H44N12O8.Zn/c1-45(2,3)21-13-25-33(29(17-21)57(61)62)41-51-37(25)49-38-26-14-22(46(4,5)6)18-30(58(63)64)34(26)43(52-38)56-44-36-28(16-24(48(10,11)12)20-32(36)60(67)68)40(54-44)50-39-27-15-23(47(7,8)9)19-31(59(65)66)35(27)42(53-39)55-41;/h13-20H,1-12H3;/q-2;+2. The van der Waals surface area contributed by atoms with E-state index in [0.29, 0.717) is 22.3 Å². The summed E-state index contributed by atoms with van der Waals surface area (Å²) in [5.74, 6) is -0.705. The van der Waals surface area contributed by atoms with Crippen molar-refractivity contribution in [3.05, 3.63) is 111 Å². The minimum absolute atomic E-state index is 0. The molecule has 9 rings (SSSR count). The molecule has 0 fully saturated rings. The molecule has 0 N–H and O–H groups in total. The number of benzene rings is 4. The molecular formula is C48H44N12O8Zn. The largest absolute Gasteiger partial charge is 2.00 e. The number of hydrogen-bond acceptors (Lipinski definition) is 14. The molecule has 7 aromatic rings. The van der Waals surface area contributed by atoms with Crippen LogP contribution in [0, 0.1) is 40.5 Å². The van der Waals surface area contributed by atoms with E-state index in [2.05, 4.69) is 0 Å².